The first-order valence-electron chi connectivity index (χ1n) is 10.5. The van der Waals surface area contributed by atoms with Crippen molar-refractivity contribution in [2.45, 2.75) is 46.1 Å². The van der Waals surface area contributed by atoms with Gasteiger partial charge in [0.15, 0.2) is 6.54 Å². The minimum atomic E-state index is -0.389. The molecule has 0 aliphatic heterocycles. The summed E-state index contributed by atoms with van der Waals surface area (Å²) in [6.07, 6.45) is 3.28. The van der Waals surface area contributed by atoms with E-state index >= 15 is 0 Å². The molecule has 3 unspecified atom stereocenters. The summed E-state index contributed by atoms with van der Waals surface area (Å²) >= 11 is 5.83. The van der Waals surface area contributed by atoms with Crippen LogP contribution in [-0.2, 0) is 14.3 Å². The zero-order chi connectivity index (χ0) is 21.6. The van der Waals surface area contributed by atoms with E-state index in [1.165, 1.54) is 6.42 Å². The molecule has 30 heavy (non-hydrogen) atoms. The number of benzene rings is 1. The predicted molar refractivity (Wildman–Crippen MR) is 115 cm³/mol. The average Bonchev–Trinajstić information content (AvgIpc) is 2.61. The summed E-state index contributed by atoms with van der Waals surface area (Å²) in [7, 11) is 3.89. The van der Waals surface area contributed by atoms with Gasteiger partial charge in [0, 0.05) is 5.02 Å². The normalized spacial score (nSPS) is 21.6. The lowest BCUT2D eigenvalue weighted by Crippen LogP contribution is -3.00. The Morgan fingerprint density at radius 1 is 1.17 bits per heavy atom. The lowest BCUT2D eigenvalue weighted by atomic mass is 9.75. The molecule has 1 aromatic rings. The van der Waals surface area contributed by atoms with Crippen LogP contribution in [0.2, 0.25) is 5.02 Å². The van der Waals surface area contributed by atoms with Gasteiger partial charge in [-0.05, 0) is 54.9 Å². The van der Waals surface area contributed by atoms with Crippen molar-refractivity contribution in [1.82, 2.24) is 0 Å². The van der Waals surface area contributed by atoms with Crippen molar-refractivity contribution >= 4 is 23.5 Å². The number of rotatable bonds is 8. The van der Waals surface area contributed by atoms with Gasteiger partial charge in [-0.1, -0.05) is 38.8 Å². The quantitative estimate of drug-likeness (QED) is 0.437. The van der Waals surface area contributed by atoms with Crippen LogP contribution in [0.25, 0.3) is 0 Å². The number of carbonyl (C=O) groups is 2. The van der Waals surface area contributed by atoms with Crippen LogP contribution in [0.3, 0.4) is 0 Å². The summed E-state index contributed by atoms with van der Waals surface area (Å²) < 4.78 is 11.7. The summed E-state index contributed by atoms with van der Waals surface area (Å²) in [4.78, 5) is 24.7. The summed E-state index contributed by atoms with van der Waals surface area (Å²) in [6.45, 7) is 7.66. The molecule has 0 heterocycles. The highest BCUT2D eigenvalue weighted by molar-refractivity contribution is 6.30. The molecule has 1 fully saturated rings. The van der Waals surface area contributed by atoms with E-state index in [4.69, 9.17) is 21.1 Å². The van der Waals surface area contributed by atoms with Crippen LogP contribution in [0.15, 0.2) is 24.3 Å². The maximum absolute atomic E-state index is 12.6. The number of likely N-dealkylation sites (N-methyl/N-ethyl adjacent to an activating group) is 1. The number of esters is 2. The molecule has 0 spiro atoms. The van der Waals surface area contributed by atoms with E-state index in [2.05, 4.69) is 20.8 Å². The smallest absolute Gasteiger partial charge is 0.362 e. The second-order valence-corrected chi connectivity index (χ2v) is 9.75. The van der Waals surface area contributed by atoms with Gasteiger partial charge in [0.25, 0.3) is 0 Å². The SMILES string of the molecule is CC1CCC(C(C)C)C(OC(=O)C[N+](C)(C)CCOC(=O)c2ccc(Cl)cc2)C1.[Cl-]. The molecule has 1 aliphatic rings. The van der Waals surface area contributed by atoms with Crippen LogP contribution in [0.1, 0.15) is 50.4 Å². The lowest BCUT2D eigenvalue weighted by molar-refractivity contribution is -0.883. The van der Waals surface area contributed by atoms with Gasteiger partial charge in [0.05, 0.1) is 19.7 Å². The molecule has 7 heteroatoms. The predicted octanol–water partition coefficient (Wildman–Crippen LogP) is 1.58. The Bertz CT molecular complexity index is 691. The lowest BCUT2D eigenvalue weighted by Gasteiger charge is -2.37. The van der Waals surface area contributed by atoms with Crippen molar-refractivity contribution in [3.63, 3.8) is 0 Å². The maximum atomic E-state index is 12.6. The molecule has 0 aromatic heterocycles. The van der Waals surface area contributed by atoms with Gasteiger partial charge < -0.3 is 26.4 Å². The Labute approximate surface area is 192 Å². The van der Waals surface area contributed by atoms with Crippen molar-refractivity contribution in [3.05, 3.63) is 34.9 Å². The van der Waals surface area contributed by atoms with E-state index in [-0.39, 0.29) is 43.6 Å². The molecule has 1 aromatic carbocycles. The second kappa shape index (κ2) is 11.9. The minimum Gasteiger partial charge on any atom is -1.00 e. The molecule has 0 N–H and O–H groups in total. The molecule has 1 saturated carbocycles. The molecule has 2 rings (SSSR count). The van der Waals surface area contributed by atoms with E-state index in [1.54, 1.807) is 24.3 Å². The van der Waals surface area contributed by atoms with Crippen LogP contribution in [-0.4, -0.2) is 56.3 Å². The molecule has 0 bridgehead atoms. The zero-order valence-electron chi connectivity index (χ0n) is 18.7. The Morgan fingerprint density at radius 2 is 1.80 bits per heavy atom. The maximum Gasteiger partial charge on any atom is 0.362 e. The fourth-order valence-electron chi connectivity index (χ4n) is 3.94. The van der Waals surface area contributed by atoms with Gasteiger partial charge in [0.2, 0.25) is 0 Å². The number of hydrogen-bond acceptors (Lipinski definition) is 4. The van der Waals surface area contributed by atoms with E-state index in [0.29, 0.717) is 39.4 Å². The van der Waals surface area contributed by atoms with Crippen molar-refractivity contribution in [2.75, 3.05) is 33.8 Å². The first-order chi connectivity index (χ1) is 13.6. The number of carbonyl (C=O) groups excluding carboxylic acids is 2. The highest BCUT2D eigenvalue weighted by atomic mass is 35.5. The molecule has 1 aliphatic carbocycles. The Kier molecular flexibility index (Phi) is 10.6. The Hall–Kier alpha value is -1.30. The highest BCUT2D eigenvalue weighted by Crippen LogP contribution is 2.35. The van der Waals surface area contributed by atoms with E-state index in [9.17, 15) is 9.59 Å². The van der Waals surface area contributed by atoms with Crippen molar-refractivity contribution in [1.29, 1.82) is 0 Å². The fraction of sp³-hybridized carbons (Fsp3) is 0.652. The highest BCUT2D eigenvalue weighted by Gasteiger charge is 2.34. The van der Waals surface area contributed by atoms with Gasteiger partial charge in [0.1, 0.15) is 19.3 Å². The van der Waals surface area contributed by atoms with Gasteiger partial charge in [-0.3, -0.25) is 0 Å². The summed E-state index contributed by atoms with van der Waals surface area (Å²) in [5.41, 5.74) is 0.463. The van der Waals surface area contributed by atoms with Gasteiger partial charge in [-0.25, -0.2) is 9.59 Å². The largest absolute Gasteiger partial charge is 1.00 e. The number of ether oxygens (including phenoxy) is 2. The summed E-state index contributed by atoms with van der Waals surface area (Å²) in [5, 5.41) is 0.574. The molecular formula is C23H35Cl2NO4. The topological polar surface area (TPSA) is 52.6 Å². The third-order valence-corrected chi connectivity index (χ3v) is 6.06. The van der Waals surface area contributed by atoms with Crippen LogP contribution >= 0.6 is 11.6 Å². The summed E-state index contributed by atoms with van der Waals surface area (Å²) in [5.74, 6) is 0.975. The number of halogens is 2. The van der Waals surface area contributed by atoms with Crippen LogP contribution in [0.5, 0.6) is 0 Å². The van der Waals surface area contributed by atoms with Crippen molar-refractivity contribution in [3.8, 4) is 0 Å². The molecule has 0 saturated heterocycles. The summed E-state index contributed by atoms with van der Waals surface area (Å²) in [6, 6.07) is 6.59. The first kappa shape index (κ1) is 26.7. The zero-order valence-corrected chi connectivity index (χ0v) is 20.2. The number of nitrogens with zero attached hydrogens (tertiary/aromatic N) is 1. The van der Waals surface area contributed by atoms with Crippen LogP contribution in [0, 0.1) is 17.8 Å². The molecule has 3 atom stereocenters. The van der Waals surface area contributed by atoms with Gasteiger partial charge in [-0.2, -0.15) is 0 Å². The van der Waals surface area contributed by atoms with Gasteiger partial charge in [-0.15, -0.1) is 0 Å². The second-order valence-electron chi connectivity index (χ2n) is 9.31. The molecule has 0 amide bonds. The van der Waals surface area contributed by atoms with E-state index in [0.717, 1.165) is 12.8 Å². The van der Waals surface area contributed by atoms with Crippen molar-refractivity contribution in [2.24, 2.45) is 17.8 Å². The standard InChI is InChI=1S/C23H35ClNO4.ClH/c1-16(2)20-11-6-17(3)14-21(20)29-22(26)15-25(4,5)12-13-28-23(27)18-7-9-19(24)10-8-18;/h7-10,16-17,20-21H,6,11-15H2,1-5H3;1H/q+1;/p-1. The molecule has 170 valence electrons. The molecule has 5 nitrogen and oxygen atoms in total. The third kappa shape index (κ3) is 8.44. The number of quaternary nitrogens is 1. The minimum absolute atomic E-state index is 0. The molecule has 0 radical (unpaired) electrons. The molecular weight excluding hydrogens is 425 g/mol. The monoisotopic (exact) mass is 459 g/mol. The van der Waals surface area contributed by atoms with E-state index < -0.39 is 0 Å². The van der Waals surface area contributed by atoms with E-state index in [1.807, 2.05) is 14.1 Å². The van der Waals surface area contributed by atoms with Gasteiger partial charge >= 0.3 is 11.9 Å². The number of hydrogen-bond donors (Lipinski definition) is 0. The average molecular weight is 460 g/mol. The first-order valence-corrected chi connectivity index (χ1v) is 10.9. The Balaban J connectivity index is 0.00000450. The van der Waals surface area contributed by atoms with Crippen molar-refractivity contribution < 1.29 is 36.0 Å². The Morgan fingerprint density at radius 3 is 2.40 bits per heavy atom. The van der Waals surface area contributed by atoms with Crippen LogP contribution in [0.4, 0.5) is 0 Å². The fourth-order valence-corrected chi connectivity index (χ4v) is 4.07. The third-order valence-electron chi connectivity index (χ3n) is 5.81. The van der Waals surface area contributed by atoms with Crippen LogP contribution < -0.4 is 12.4 Å².